The highest BCUT2D eigenvalue weighted by Gasteiger charge is 2.46. The molecule has 1 saturated heterocycles. The van der Waals surface area contributed by atoms with Gasteiger partial charge < -0.3 is 15.2 Å². The minimum atomic E-state index is -3.84. The Kier molecular flexibility index (Phi) is 5.62. The van der Waals surface area contributed by atoms with E-state index in [9.17, 15) is 23.1 Å². The molecule has 1 aliphatic heterocycles. The predicted octanol–water partition coefficient (Wildman–Crippen LogP) is 1.74. The summed E-state index contributed by atoms with van der Waals surface area (Å²) in [6, 6.07) is 4.06. The second-order valence-corrected chi connectivity index (χ2v) is 9.14. The third-order valence-electron chi connectivity index (χ3n) is 3.97. The van der Waals surface area contributed by atoms with Gasteiger partial charge in [0, 0.05) is 6.54 Å². The summed E-state index contributed by atoms with van der Waals surface area (Å²) in [5.41, 5.74) is 0.125. The zero-order chi connectivity index (χ0) is 19.7. The Morgan fingerprint density at radius 1 is 1.27 bits per heavy atom. The molecule has 0 aromatic heterocycles. The molecule has 2 rings (SSSR count). The minimum absolute atomic E-state index is 0.0919. The number of aliphatic carboxylic acids is 1. The minimum Gasteiger partial charge on any atom is -0.480 e. The van der Waals surface area contributed by atoms with Gasteiger partial charge in [0.2, 0.25) is 10.0 Å². The van der Waals surface area contributed by atoms with Gasteiger partial charge in [-0.3, -0.25) is 0 Å². The Hall–Kier alpha value is -2.13. The Balaban J connectivity index is 2.19. The van der Waals surface area contributed by atoms with Crippen LogP contribution in [0.4, 0.5) is 4.79 Å². The summed E-state index contributed by atoms with van der Waals surface area (Å²) in [7, 11) is -3.84. The molecule has 1 heterocycles. The lowest BCUT2D eigenvalue weighted by Gasteiger charge is -2.42. The number of carbonyl (C=O) groups excluding carboxylic acids is 1. The molecular formula is C17H24N2O6S. The van der Waals surface area contributed by atoms with E-state index in [0.717, 1.165) is 9.87 Å². The molecule has 0 saturated carbocycles. The lowest BCUT2D eigenvalue weighted by molar-refractivity contribution is -0.141. The van der Waals surface area contributed by atoms with Gasteiger partial charge in [0.05, 0.1) is 10.9 Å². The van der Waals surface area contributed by atoms with Crippen LogP contribution in [0.15, 0.2) is 29.2 Å². The molecule has 1 aromatic rings. The number of aryl methyl sites for hydroxylation is 1. The van der Waals surface area contributed by atoms with Crippen LogP contribution in [0.1, 0.15) is 32.8 Å². The molecule has 2 N–H and O–H groups in total. The van der Waals surface area contributed by atoms with Crippen molar-refractivity contribution in [2.45, 2.75) is 56.7 Å². The van der Waals surface area contributed by atoms with Gasteiger partial charge in [-0.2, -0.15) is 4.31 Å². The van der Waals surface area contributed by atoms with E-state index in [1.54, 1.807) is 32.9 Å². The SMILES string of the molecule is Cc1ccc(S(=O)(=O)N2CC[C@H]2[C@@H](NC(=O)OC(C)(C)C)C(=O)O)cc1. The zero-order valence-corrected chi connectivity index (χ0v) is 16.0. The van der Waals surface area contributed by atoms with Crippen LogP contribution in [-0.2, 0) is 19.6 Å². The fraction of sp³-hybridized carbons (Fsp3) is 0.529. The van der Waals surface area contributed by atoms with Crippen LogP contribution in [0.5, 0.6) is 0 Å². The average Bonchev–Trinajstić information content (AvgIpc) is 2.43. The quantitative estimate of drug-likeness (QED) is 0.799. The van der Waals surface area contributed by atoms with Gasteiger partial charge in [0.25, 0.3) is 0 Å². The van der Waals surface area contributed by atoms with E-state index in [2.05, 4.69) is 5.32 Å². The summed E-state index contributed by atoms with van der Waals surface area (Å²) in [6.07, 6.45) is -0.567. The van der Waals surface area contributed by atoms with E-state index in [4.69, 9.17) is 4.74 Å². The lowest BCUT2D eigenvalue weighted by atomic mass is 9.98. The Labute approximate surface area is 153 Å². The fourth-order valence-electron chi connectivity index (χ4n) is 2.62. The van der Waals surface area contributed by atoms with Crippen molar-refractivity contribution in [3.63, 3.8) is 0 Å². The van der Waals surface area contributed by atoms with Crippen molar-refractivity contribution in [2.24, 2.45) is 0 Å². The van der Waals surface area contributed by atoms with Crippen LogP contribution in [0.2, 0.25) is 0 Å². The number of hydrogen-bond acceptors (Lipinski definition) is 5. The molecule has 1 aromatic carbocycles. The monoisotopic (exact) mass is 384 g/mol. The van der Waals surface area contributed by atoms with Crippen LogP contribution in [0.25, 0.3) is 0 Å². The number of carboxylic acids is 1. The summed E-state index contributed by atoms with van der Waals surface area (Å²) in [5.74, 6) is -1.32. The Bertz CT molecular complexity index is 782. The van der Waals surface area contributed by atoms with Crippen molar-refractivity contribution < 1.29 is 27.9 Å². The molecule has 0 unspecified atom stereocenters. The van der Waals surface area contributed by atoms with Gasteiger partial charge >= 0.3 is 12.1 Å². The molecule has 1 amide bonds. The van der Waals surface area contributed by atoms with E-state index in [1.165, 1.54) is 12.1 Å². The summed E-state index contributed by atoms with van der Waals surface area (Å²) >= 11 is 0. The molecule has 9 heteroatoms. The molecule has 26 heavy (non-hydrogen) atoms. The third kappa shape index (κ3) is 4.53. The summed E-state index contributed by atoms with van der Waals surface area (Å²) in [5, 5.41) is 11.7. The first-order valence-electron chi connectivity index (χ1n) is 8.22. The maximum absolute atomic E-state index is 12.8. The van der Waals surface area contributed by atoms with Crippen LogP contribution >= 0.6 is 0 Å². The highest BCUT2D eigenvalue weighted by molar-refractivity contribution is 7.89. The standard InChI is InChI=1S/C17H24N2O6S/c1-11-5-7-12(8-6-11)26(23,24)19-10-9-13(19)14(15(20)21)18-16(22)25-17(2,3)4/h5-8,13-14H,9-10H2,1-4H3,(H,18,22)(H,20,21)/t13-,14+/m0/s1. The predicted molar refractivity (Wildman–Crippen MR) is 94.3 cm³/mol. The Morgan fingerprint density at radius 2 is 1.85 bits per heavy atom. The van der Waals surface area contributed by atoms with E-state index >= 15 is 0 Å². The largest absolute Gasteiger partial charge is 0.480 e. The number of nitrogens with zero attached hydrogens (tertiary/aromatic N) is 1. The van der Waals surface area contributed by atoms with Gasteiger partial charge in [0.15, 0.2) is 0 Å². The number of hydrogen-bond donors (Lipinski definition) is 2. The number of carbonyl (C=O) groups is 2. The van der Waals surface area contributed by atoms with Gasteiger partial charge in [-0.25, -0.2) is 18.0 Å². The first-order valence-corrected chi connectivity index (χ1v) is 9.66. The number of benzene rings is 1. The first-order chi connectivity index (χ1) is 11.9. The summed E-state index contributed by atoms with van der Waals surface area (Å²) in [4.78, 5) is 23.6. The number of nitrogens with one attached hydrogen (secondary N) is 1. The van der Waals surface area contributed by atoms with Crippen LogP contribution in [0, 0.1) is 6.92 Å². The van der Waals surface area contributed by atoms with Crippen LogP contribution < -0.4 is 5.32 Å². The van der Waals surface area contributed by atoms with E-state index in [-0.39, 0.29) is 11.4 Å². The topological polar surface area (TPSA) is 113 Å². The maximum atomic E-state index is 12.8. The number of rotatable bonds is 5. The Morgan fingerprint density at radius 3 is 2.27 bits per heavy atom. The molecule has 0 spiro atoms. The van der Waals surface area contributed by atoms with Crippen molar-refractivity contribution in [3.8, 4) is 0 Å². The second-order valence-electron chi connectivity index (χ2n) is 7.25. The van der Waals surface area contributed by atoms with Gasteiger partial charge in [-0.1, -0.05) is 17.7 Å². The molecule has 8 nitrogen and oxygen atoms in total. The van der Waals surface area contributed by atoms with E-state index < -0.39 is 39.8 Å². The molecule has 0 bridgehead atoms. The van der Waals surface area contributed by atoms with Crippen molar-refractivity contribution in [1.29, 1.82) is 0 Å². The fourth-order valence-corrected chi connectivity index (χ4v) is 4.30. The molecule has 1 fully saturated rings. The highest BCUT2D eigenvalue weighted by Crippen LogP contribution is 2.29. The van der Waals surface area contributed by atoms with E-state index in [1.807, 2.05) is 6.92 Å². The highest BCUT2D eigenvalue weighted by atomic mass is 32.2. The van der Waals surface area contributed by atoms with Gasteiger partial charge in [-0.15, -0.1) is 0 Å². The summed E-state index contributed by atoms with van der Waals surface area (Å²) < 4.78 is 31.7. The van der Waals surface area contributed by atoms with Crippen LogP contribution in [-0.4, -0.2) is 54.1 Å². The molecule has 1 aliphatic rings. The number of alkyl carbamates (subject to hydrolysis) is 1. The lowest BCUT2D eigenvalue weighted by Crippen LogP contribution is -2.63. The number of carboxylic acid groups (broad SMARTS) is 1. The van der Waals surface area contributed by atoms with Gasteiger partial charge in [-0.05, 0) is 46.2 Å². The first kappa shape index (κ1) is 20.2. The average molecular weight is 384 g/mol. The molecule has 0 aliphatic carbocycles. The van der Waals surface area contributed by atoms with Crippen molar-refractivity contribution in [2.75, 3.05) is 6.54 Å². The second kappa shape index (κ2) is 7.24. The molecule has 0 radical (unpaired) electrons. The zero-order valence-electron chi connectivity index (χ0n) is 15.2. The molecular weight excluding hydrogens is 360 g/mol. The van der Waals surface area contributed by atoms with Crippen molar-refractivity contribution in [3.05, 3.63) is 29.8 Å². The number of sulfonamides is 1. The van der Waals surface area contributed by atoms with E-state index in [0.29, 0.717) is 6.42 Å². The normalized spacial score (nSPS) is 19.3. The maximum Gasteiger partial charge on any atom is 0.408 e. The smallest absolute Gasteiger partial charge is 0.408 e. The number of amides is 1. The molecule has 144 valence electrons. The van der Waals surface area contributed by atoms with Crippen molar-refractivity contribution in [1.82, 2.24) is 9.62 Å². The molecule has 2 atom stereocenters. The van der Waals surface area contributed by atoms with Crippen molar-refractivity contribution >= 4 is 22.1 Å². The van der Waals surface area contributed by atoms with Gasteiger partial charge in [0.1, 0.15) is 11.6 Å². The third-order valence-corrected chi connectivity index (χ3v) is 5.90. The number of ether oxygens (including phenoxy) is 1. The van der Waals surface area contributed by atoms with Crippen LogP contribution in [0.3, 0.4) is 0 Å². The summed E-state index contributed by atoms with van der Waals surface area (Å²) in [6.45, 7) is 6.99.